The molecule has 0 aliphatic rings. The lowest BCUT2D eigenvalue weighted by atomic mass is 10.1. The fourth-order valence-corrected chi connectivity index (χ4v) is 5.70. The van der Waals surface area contributed by atoms with E-state index in [0.717, 1.165) is 9.87 Å². The summed E-state index contributed by atoms with van der Waals surface area (Å²) in [6, 6.07) is 20.6. The first-order valence-electron chi connectivity index (χ1n) is 12.9. The number of amides is 2. The molecule has 3 aromatic rings. The molecule has 3 aromatic carbocycles. The highest BCUT2D eigenvalue weighted by Crippen LogP contribution is 2.27. The van der Waals surface area contributed by atoms with Crippen LogP contribution in [-0.2, 0) is 26.2 Å². The molecular formula is C30H36ClN3O5S. The van der Waals surface area contributed by atoms with E-state index >= 15 is 0 Å². The number of ether oxygens (including phenoxy) is 1. The van der Waals surface area contributed by atoms with E-state index in [2.05, 4.69) is 5.32 Å². The SMILES string of the molecule is CC[C@@H](C(=O)NC(C)(C)C)N(Cc1ccccc1)C(=O)CN(c1ccc(Cl)cc1)S(=O)(=O)c1ccc(OC)cc1. The molecule has 0 unspecified atom stereocenters. The van der Waals surface area contributed by atoms with Crippen LogP contribution in [0.3, 0.4) is 0 Å². The van der Waals surface area contributed by atoms with Crippen LogP contribution in [0.15, 0.2) is 83.8 Å². The van der Waals surface area contributed by atoms with Gasteiger partial charge in [-0.15, -0.1) is 0 Å². The van der Waals surface area contributed by atoms with Gasteiger partial charge >= 0.3 is 0 Å². The fraction of sp³-hybridized carbons (Fsp3) is 0.333. The van der Waals surface area contributed by atoms with E-state index in [-0.39, 0.29) is 23.0 Å². The van der Waals surface area contributed by atoms with E-state index < -0.39 is 34.1 Å². The van der Waals surface area contributed by atoms with Crippen LogP contribution >= 0.6 is 11.6 Å². The molecule has 0 fully saturated rings. The lowest BCUT2D eigenvalue weighted by Crippen LogP contribution is -2.55. The summed E-state index contributed by atoms with van der Waals surface area (Å²) in [5, 5.41) is 3.38. The minimum atomic E-state index is -4.19. The van der Waals surface area contributed by atoms with Crippen LogP contribution in [0.5, 0.6) is 5.75 Å². The molecule has 0 aliphatic carbocycles. The standard InChI is InChI=1S/C30H36ClN3O5S/c1-6-27(29(36)32-30(2,3)4)33(20-22-10-8-7-9-11-22)28(35)21-34(24-14-12-23(31)13-15-24)40(37,38)26-18-16-25(39-5)17-19-26/h7-19,27H,6,20-21H2,1-5H3,(H,32,36)/t27-/m0/s1. The molecule has 0 heterocycles. The van der Waals surface area contributed by atoms with E-state index in [9.17, 15) is 18.0 Å². The second kappa shape index (κ2) is 13.2. The van der Waals surface area contributed by atoms with Gasteiger partial charge in [0.2, 0.25) is 11.8 Å². The van der Waals surface area contributed by atoms with Crippen molar-refractivity contribution >= 4 is 39.1 Å². The van der Waals surface area contributed by atoms with Crippen molar-refractivity contribution in [1.29, 1.82) is 0 Å². The molecule has 0 aromatic heterocycles. The van der Waals surface area contributed by atoms with Crippen LogP contribution in [0.25, 0.3) is 0 Å². The third kappa shape index (κ3) is 7.99. The van der Waals surface area contributed by atoms with Gasteiger partial charge in [0.05, 0.1) is 17.7 Å². The Morgan fingerprint density at radius 1 is 0.950 bits per heavy atom. The first-order chi connectivity index (χ1) is 18.9. The topological polar surface area (TPSA) is 96.0 Å². The van der Waals surface area contributed by atoms with Gasteiger partial charge in [0, 0.05) is 17.1 Å². The van der Waals surface area contributed by atoms with Crippen LogP contribution in [0.1, 0.15) is 39.7 Å². The quantitative estimate of drug-likeness (QED) is 0.331. The van der Waals surface area contributed by atoms with Crippen LogP contribution < -0.4 is 14.4 Å². The molecule has 10 heteroatoms. The summed E-state index contributed by atoms with van der Waals surface area (Å²) >= 11 is 6.07. The van der Waals surface area contributed by atoms with Gasteiger partial charge in [0.15, 0.2) is 0 Å². The maximum Gasteiger partial charge on any atom is 0.264 e. The number of anilines is 1. The largest absolute Gasteiger partial charge is 0.497 e. The maximum atomic E-state index is 14.0. The van der Waals surface area contributed by atoms with E-state index in [1.165, 1.54) is 24.1 Å². The number of carbonyl (C=O) groups is 2. The molecule has 0 radical (unpaired) electrons. The van der Waals surface area contributed by atoms with E-state index in [1.54, 1.807) is 36.4 Å². The second-order valence-electron chi connectivity index (χ2n) is 10.3. The number of nitrogens with one attached hydrogen (secondary N) is 1. The second-order valence-corrected chi connectivity index (χ2v) is 12.6. The average Bonchev–Trinajstić information content (AvgIpc) is 2.91. The number of methoxy groups -OCH3 is 1. The summed E-state index contributed by atoms with van der Waals surface area (Å²) in [6.45, 7) is 7.03. The summed E-state index contributed by atoms with van der Waals surface area (Å²) in [7, 11) is -2.70. The number of sulfonamides is 1. The highest BCUT2D eigenvalue weighted by atomic mass is 35.5. The van der Waals surface area contributed by atoms with Crippen molar-refractivity contribution < 1.29 is 22.7 Å². The average molecular weight is 586 g/mol. The number of rotatable bonds is 11. The first-order valence-corrected chi connectivity index (χ1v) is 14.8. The van der Waals surface area contributed by atoms with Crippen LogP contribution in [0.4, 0.5) is 5.69 Å². The molecule has 0 aliphatic heterocycles. The summed E-state index contributed by atoms with van der Waals surface area (Å²) < 4.78 is 34.0. The lowest BCUT2D eigenvalue weighted by molar-refractivity contribution is -0.141. The van der Waals surface area contributed by atoms with Crippen molar-refractivity contribution in [2.24, 2.45) is 0 Å². The first kappa shape index (κ1) is 31.0. The Bertz CT molecular complexity index is 1390. The van der Waals surface area contributed by atoms with Crippen molar-refractivity contribution in [1.82, 2.24) is 10.2 Å². The van der Waals surface area contributed by atoms with Crippen molar-refractivity contribution in [3.8, 4) is 5.75 Å². The van der Waals surface area contributed by atoms with Crippen LogP contribution in [-0.4, -0.2) is 50.4 Å². The molecule has 1 atom stereocenters. The Balaban J connectivity index is 2.05. The molecule has 8 nitrogen and oxygen atoms in total. The number of hydrogen-bond acceptors (Lipinski definition) is 5. The summed E-state index contributed by atoms with van der Waals surface area (Å²) in [4.78, 5) is 28.8. The molecule has 2 amide bonds. The zero-order chi connectivity index (χ0) is 29.5. The Labute approximate surface area is 241 Å². The van der Waals surface area contributed by atoms with E-state index in [0.29, 0.717) is 17.2 Å². The summed E-state index contributed by atoms with van der Waals surface area (Å²) in [5.41, 5.74) is 0.563. The number of hydrogen-bond donors (Lipinski definition) is 1. The van der Waals surface area contributed by atoms with Gasteiger partial charge in [0.25, 0.3) is 10.0 Å². The fourth-order valence-electron chi connectivity index (χ4n) is 4.16. The monoisotopic (exact) mass is 585 g/mol. The Kier molecular flexibility index (Phi) is 10.2. The molecule has 1 N–H and O–H groups in total. The molecule has 0 bridgehead atoms. The van der Waals surface area contributed by atoms with E-state index in [4.69, 9.17) is 16.3 Å². The molecule has 0 saturated carbocycles. The number of halogens is 1. The third-order valence-corrected chi connectivity index (χ3v) is 8.16. The molecule has 3 rings (SSSR count). The van der Waals surface area contributed by atoms with Crippen LogP contribution in [0.2, 0.25) is 5.02 Å². The van der Waals surface area contributed by atoms with E-state index in [1.807, 2.05) is 58.0 Å². The Morgan fingerprint density at radius 3 is 2.08 bits per heavy atom. The summed E-state index contributed by atoms with van der Waals surface area (Å²) in [6.07, 6.45) is 0.340. The Morgan fingerprint density at radius 2 is 1.55 bits per heavy atom. The molecule has 0 saturated heterocycles. The lowest BCUT2D eigenvalue weighted by Gasteiger charge is -2.34. The molecule has 0 spiro atoms. The minimum absolute atomic E-state index is 0.0109. The zero-order valence-corrected chi connectivity index (χ0v) is 25.0. The number of nitrogens with zero attached hydrogens (tertiary/aromatic N) is 2. The highest BCUT2D eigenvalue weighted by molar-refractivity contribution is 7.92. The van der Waals surface area contributed by atoms with Crippen molar-refractivity contribution in [3.63, 3.8) is 0 Å². The molecule has 214 valence electrons. The predicted molar refractivity (Wildman–Crippen MR) is 158 cm³/mol. The van der Waals surface area contributed by atoms with Gasteiger partial charge < -0.3 is 15.0 Å². The minimum Gasteiger partial charge on any atom is -0.497 e. The van der Waals surface area contributed by atoms with Crippen molar-refractivity contribution in [3.05, 3.63) is 89.4 Å². The maximum absolute atomic E-state index is 14.0. The number of benzene rings is 3. The van der Waals surface area contributed by atoms with Crippen LogP contribution in [0, 0.1) is 0 Å². The van der Waals surface area contributed by atoms with Crippen molar-refractivity contribution in [2.75, 3.05) is 18.0 Å². The third-order valence-electron chi connectivity index (χ3n) is 6.12. The normalized spacial score (nSPS) is 12.3. The van der Waals surface area contributed by atoms with Gasteiger partial charge in [-0.1, -0.05) is 48.9 Å². The van der Waals surface area contributed by atoms with Gasteiger partial charge in [-0.2, -0.15) is 0 Å². The highest BCUT2D eigenvalue weighted by Gasteiger charge is 2.34. The van der Waals surface area contributed by atoms with Gasteiger partial charge in [-0.25, -0.2) is 8.42 Å². The predicted octanol–water partition coefficient (Wildman–Crippen LogP) is 5.27. The molecule has 40 heavy (non-hydrogen) atoms. The Hall–Kier alpha value is -3.56. The van der Waals surface area contributed by atoms with Gasteiger partial charge in [-0.3, -0.25) is 13.9 Å². The smallest absolute Gasteiger partial charge is 0.264 e. The zero-order valence-electron chi connectivity index (χ0n) is 23.4. The van der Waals surface area contributed by atoms with Gasteiger partial charge in [-0.05, 0) is 81.3 Å². The molecular weight excluding hydrogens is 550 g/mol. The van der Waals surface area contributed by atoms with Gasteiger partial charge in [0.1, 0.15) is 18.3 Å². The summed E-state index contributed by atoms with van der Waals surface area (Å²) in [5.74, 6) is -0.333. The van der Waals surface area contributed by atoms with Crippen molar-refractivity contribution in [2.45, 2.75) is 57.1 Å². The number of carbonyl (C=O) groups excluding carboxylic acids is 2.